The highest BCUT2D eigenvalue weighted by Crippen LogP contribution is 2.35. The number of rotatable bonds is 10. The minimum Gasteiger partial charge on any atom is -0.481 e. The number of carboxylic acid groups (broad SMARTS) is 1. The van der Waals surface area contributed by atoms with Crippen LogP contribution in [-0.2, 0) is 4.79 Å². The van der Waals surface area contributed by atoms with Crippen molar-refractivity contribution in [3.8, 4) is 11.8 Å². The molecule has 0 unspecified atom stereocenters. The van der Waals surface area contributed by atoms with Crippen LogP contribution in [0.3, 0.4) is 0 Å². The Morgan fingerprint density at radius 3 is 2.77 bits per heavy atom. The van der Waals surface area contributed by atoms with Crippen LogP contribution in [0.4, 0.5) is 0 Å². The zero-order valence-electron chi connectivity index (χ0n) is 14.2. The molecule has 22 heavy (non-hydrogen) atoms. The van der Waals surface area contributed by atoms with Crippen LogP contribution in [0.25, 0.3) is 0 Å². The van der Waals surface area contributed by atoms with E-state index in [1.165, 1.54) is 51.4 Å². The van der Waals surface area contributed by atoms with E-state index in [1.807, 2.05) is 6.08 Å². The molecule has 1 aliphatic carbocycles. The van der Waals surface area contributed by atoms with Gasteiger partial charge in [-0.15, -0.1) is 0 Å². The topological polar surface area (TPSA) is 37.3 Å². The smallest absolute Gasteiger partial charge is 0.303 e. The number of carboxylic acids is 1. The van der Waals surface area contributed by atoms with E-state index in [1.54, 1.807) is 0 Å². The van der Waals surface area contributed by atoms with Gasteiger partial charge in [0.15, 0.2) is 0 Å². The predicted molar refractivity (Wildman–Crippen MR) is 92.6 cm³/mol. The van der Waals surface area contributed by atoms with Crippen LogP contribution in [0.1, 0.15) is 84.0 Å². The van der Waals surface area contributed by atoms with Gasteiger partial charge in [0.2, 0.25) is 0 Å². The first kappa shape index (κ1) is 18.8. The molecule has 0 bridgehead atoms. The lowest BCUT2D eigenvalue weighted by Crippen LogP contribution is -2.05. The maximum Gasteiger partial charge on any atom is 0.303 e. The van der Waals surface area contributed by atoms with E-state index in [-0.39, 0.29) is 0 Å². The van der Waals surface area contributed by atoms with Gasteiger partial charge in [0.25, 0.3) is 0 Å². The molecule has 0 aromatic heterocycles. The second-order valence-corrected chi connectivity index (χ2v) is 6.48. The summed E-state index contributed by atoms with van der Waals surface area (Å²) in [5, 5.41) is 8.61. The molecule has 1 aliphatic rings. The monoisotopic (exact) mass is 304 g/mol. The molecule has 1 N–H and O–H groups in total. The summed E-state index contributed by atoms with van der Waals surface area (Å²) in [6.45, 7) is 2.21. The van der Waals surface area contributed by atoms with E-state index >= 15 is 0 Å². The fourth-order valence-corrected chi connectivity index (χ4v) is 3.23. The molecular weight excluding hydrogens is 272 g/mol. The highest BCUT2D eigenvalue weighted by atomic mass is 16.4. The molecule has 1 rings (SSSR count). The van der Waals surface area contributed by atoms with Gasteiger partial charge >= 0.3 is 5.97 Å². The summed E-state index contributed by atoms with van der Waals surface area (Å²) in [6, 6.07) is 0. The Bertz CT molecular complexity index is 386. The number of aliphatic carboxylic acids is 1. The Labute approximate surface area is 136 Å². The Morgan fingerprint density at radius 2 is 2.00 bits per heavy atom. The molecule has 2 atom stereocenters. The third-order valence-electron chi connectivity index (χ3n) is 4.57. The van der Waals surface area contributed by atoms with Crippen LogP contribution >= 0.6 is 0 Å². The van der Waals surface area contributed by atoms with Crippen LogP contribution in [0, 0.1) is 23.7 Å². The minimum absolute atomic E-state index is 0.321. The maximum atomic E-state index is 10.4. The average Bonchev–Trinajstić information content (AvgIpc) is 2.93. The van der Waals surface area contributed by atoms with Crippen molar-refractivity contribution in [2.75, 3.05) is 0 Å². The average molecular weight is 304 g/mol. The van der Waals surface area contributed by atoms with Crippen molar-refractivity contribution in [3.05, 3.63) is 12.2 Å². The fraction of sp³-hybridized carbons (Fsp3) is 0.750. The molecule has 0 spiro atoms. The lowest BCUT2D eigenvalue weighted by atomic mass is 9.91. The summed E-state index contributed by atoms with van der Waals surface area (Å²) in [5.41, 5.74) is 0. The molecule has 1 saturated carbocycles. The minimum atomic E-state index is -0.668. The van der Waals surface area contributed by atoms with E-state index in [4.69, 9.17) is 5.11 Å². The molecule has 1 fully saturated rings. The third kappa shape index (κ3) is 8.93. The standard InChI is InChI=1S/C20H32O2/c1-2-3-4-5-6-9-13-18-15-12-16-19(18)14-10-7-8-11-17-20(21)22/h5-6,18-19H,2-4,7-8,10-12,14-17H2,1H3,(H,21,22)/t18-,19-/m0/s1. The summed E-state index contributed by atoms with van der Waals surface area (Å²) < 4.78 is 0. The number of hydrogen-bond donors (Lipinski definition) is 1. The molecule has 0 saturated heterocycles. The summed E-state index contributed by atoms with van der Waals surface area (Å²) in [4.78, 5) is 10.4. The van der Waals surface area contributed by atoms with E-state index in [0.717, 1.165) is 25.2 Å². The molecule has 0 aliphatic heterocycles. The molecule has 124 valence electrons. The Balaban J connectivity index is 2.16. The van der Waals surface area contributed by atoms with Gasteiger partial charge in [-0.3, -0.25) is 4.79 Å². The van der Waals surface area contributed by atoms with Crippen molar-refractivity contribution < 1.29 is 9.90 Å². The highest BCUT2D eigenvalue weighted by molar-refractivity contribution is 5.66. The first-order chi connectivity index (χ1) is 10.7. The molecule has 0 radical (unpaired) electrons. The number of carbonyl (C=O) groups is 1. The summed E-state index contributed by atoms with van der Waals surface area (Å²) in [7, 11) is 0. The Hall–Kier alpha value is -1.23. The van der Waals surface area contributed by atoms with E-state index in [9.17, 15) is 4.79 Å². The lowest BCUT2D eigenvalue weighted by Gasteiger charge is -2.14. The van der Waals surface area contributed by atoms with Gasteiger partial charge in [-0.2, -0.15) is 0 Å². The SMILES string of the molecule is CCCCC=CC#C[C@H]1CCC[C@@H]1CCCCCCC(=O)O. The van der Waals surface area contributed by atoms with Gasteiger partial charge in [0, 0.05) is 12.3 Å². The molecular formula is C20H32O2. The first-order valence-electron chi connectivity index (χ1n) is 9.12. The van der Waals surface area contributed by atoms with Gasteiger partial charge in [-0.05, 0) is 44.1 Å². The molecule has 2 nitrogen and oxygen atoms in total. The van der Waals surface area contributed by atoms with Gasteiger partial charge in [-0.1, -0.05) is 63.4 Å². The number of hydrogen-bond acceptors (Lipinski definition) is 1. The molecule has 2 heteroatoms. The molecule has 0 aromatic rings. The molecule has 0 heterocycles. The summed E-state index contributed by atoms with van der Waals surface area (Å²) >= 11 is 0. The van der Waals surface area contributed by atoms with Crippen molar-refractivity contribution in [2.45, 2.75) is 84.0 Å². The van der Waals surface area contributed by atoms with Crippen LogP contribution in [-0.4, -0.2) is 11.1 Å². The van der Waals surface area contributed by atoms with Gasteiger partial charge in [0.1, 0.15) is 0 Å². The zero-order chi connectivity index (χ0) is 16.0. The fourth-order valence-electron chi connectivity index (χ4n) is 3.23. The lowest BCUT2D eigenvalue weighted by molar-refractivity contribution is -0.137. The second-order valence-electron chi connectivity index (χ2n) is 6.48. The molecule has 0 amide bonds. The Kier molecular flexibility index (Phi) is 10.5. The number of allylic oxidation sites excluding steroid dienone is 2. The Morgan fingerprint density at radius 1 is 1.18 bits per heavy atom. The quantitative estimate of drug-likeness (QED) is 0.422. The third-order valence-corrected chi connectivity index (χ3v) is 4.57. The van der Waals surface area contributed by atoms with E-state index < -0.39 is 5.97 Å². The van der Waals surface area contributed by atoms with Crippen molar-refractivity contribution in [3.63, 3.8) is 0 Å². The normalized spacial score (nSPS) is 21.0. The highest BCUT2D eigenvalue weighted by Gasteiger charge is 2.24. The van der Waals surface area contributed by atoms with Crippen LogP contribution < -0.4 is 0 Å². The molecule has 0 aromatic carbocycles. The van der Waals surface area contributed by atoms with E-state index in [2.05, 4.69) is 24.8 Å². The van der Waals surface area contributed by atoms with Crippen LogP contribution in [0.15, 0.2) is 12.2 Å². The maximum absolute atomic E-state index is 10.4. The second kappa shape index (κ2) is 12.3. The van der Waals surface area contributed by atoms with Crippen molar-refractivity contribution in [1.29, 1.82) is 0 Å². The largest absolute Gasteiger partial charge is 0.481 e. The van der Waals surface area contributed by atoms with Gasteiger partial charge in [0.05, 0.1) is 0 Å². The summed E-state index contributed by atoms with van der Waals surface area (Å²) in [5.74, 6) is 7.40. The van der Waals surface area contributed by atoms with Crippen LogP contribution in [0.2, 0.25) is 0 Å². The van der Waals surface area contributed by atoms with Crippen molar-refractivity contribution >= 4 is 5.97 Å². The summed E-state index contributed by atoms with van der Waals surface area (Å²) in [6.07, 6.45) is 17.7. The predicted octanol–water partition coefficient (Wildman–Crippen LogP) is 5.58. The van der Waals surface area contributed by atoms with Crippen molar-refractivity contribution in [1.82, 2.24) is 0 Å². The van der Waals surface area contributed by atoms with Crippen molar-refractivity contribution in [2.24, 2.45) is 11.8 Å². The van der Waals surface area contributed by atoms with Gasteiger partial charge < -0.3 is 5.11 Å². The zero-order valence-corrected chi connectivity index (χ0v) is 14.2. The van der Waals surface area contributed by atoms with E-state index in [0.29, 0.717) is 12.3 Å². The van der Waals surface area contributed by atoms with Gasteiger partial charge in [-0.25, -0.2) is 0 Å². The first-order valence-corrected chi connectivity index (χ1v) is 9.12. The number of unbranched alkanes of at least 4 members (excludes halogenated alkanes) is 5. The van der Waals surface area contributed by atoms with Crippen LogP contribution in [0.5, 0.6) is 0 Å².